The van der Waals surface area contributed by atoms with E-state index in [1.54, 1.807) is 16.8 Å². The minimum Gasteiger partial charge on any atom is -0.377 e. The van der Waals surface area contributed by atoms with Crippen molar-refractivity contribution < 1.29 is 9.13 Å². The van der Waals surface area contributed by atoms with Crippen LogP contribution in [0.4, 0.5) is 15.9 Å². The molecule has 5 rings (SSSR count). The minimum absolute atomic E-state index is 0.244. The molecule has 0 saturated carbocycles. The molecule has 1 saturated heterocycles. The van der Waals surface area contributed by atoms with E-state index in [-0.39, 0.29) is 6.10 Å². The SMILES string of the molecule is Fc1cnccc1Nc1nc(-c2ccccn2)nn2ccc(CNCC3CCCCO3)c12. The van der Waals surface area contributed by atoms with E-state index < -0.39 is 5.82 Å². The van der Waals surface area contributed by atoms with E-state index >= 15 is 0 Å². The predicted molar refractivity (Wildman–Crippen MR) is 119 cm³/mol. The van der Waals surface area contributed by atoms with Gasteiger partial charge in [0.2, 0.25) is 5.82 Å². The van der Waals surface area contributed by atoms with E-state index in [0.717, 1.165) is 37.1 Å². The Bertz CT molecular complexity index is 1190. The lowest BCUT2D eigenvalue weighted by Crippen LogP contribution is -2.31. The summed E-state index contributed by atoms with van der Waals surface area (Å²) in [6.07, 6.45) is 9.94. The number of halogens is 1. The minimum atomic E-state index is -0.454. The number of pyridine rings is 2. The summed E-state index contributed by atoms with van der Waals surface area (Å²) >= 11 is 0. The van der Waals surface area contributed by atoms with Crippen LogP contribution in [0.5, 0.6) is 0 Å². The molecular weight excluding hydrogens is 409 g/mol. The number of nitrogens with zero attached hydrogens (tertiary/aromatic N) is 5. The van der Waals surface area contributed by atoms with Gasteiger partial charge < -0.3 is 15.4 Å². The van der Waals surface area contributed by atoms with Crippen molar-refractivity contribution in [3.63, 3.8) is 0 Å². The third kappa shape index (κ3) is 4.44. The first-order valence-corrected chi connectivity index (χ1v) is 10.8. The summed E-state index contributed by atoms with van der Waals surface area (Å²) in [5.41, 5.74) is 2.71. The highest BCUT2D eigenvalue weighted by atomic mass is 19.1. The number of fused-ring (bicyclic) bond motifs is 1. The summed E-state index contributed by atoms with van der Waals surface area (Å²) in [6.45, 7) is 2.24. The predicted octanol–water partition coefficient (Wildman–Crippen LogP) is 3.73. The van der Waals surface area contributed by atoms with Crippen molar-refractivity contribution in [2.24, 2.45) is 0 Å². The van der Waals surface area contributed by atoms with Gasteiger partial charge in [-0.2, -0.15) is 0 Å². The fraction of sp³-hybridized carbons (Fsp3) is 0.304. The fourth-order valence-corrected chi connectivity index (χ4v) is 3.86. The molecule has 1 aliphatic heterocycles. The Morgan fingerprint density at radius 3 is 2.94 bits per heavy atom. The Morgan fingerprint density at radius 2 is 2.12 bits per heavy atom. The lowest BCUT2D eigenvalue weighted by Gasteiger charge is -2.22. The van der Waals surface area contributed by atoms with E-state index in [4.69, 9.17) is 9.72 Å². The fourth-order valence-electron chi connectivity index (χ4n) is 3.86. The molecule has 8 nitrogen and oxygen atoms in total. The molecule has 5 heterocycles. The Hall–Kier alpha value is -3.43. The molecule has 32 heavy (non-hydrogen) atoms. The molecule has 0 bridgehead atoms. The van der Waals surface area contributed by atoms with Crippen LogP contribution in [-0.4, -0.2) is 43.8 Å². The van der Waals surface area contributed by atoms with Gasteiger partial charge in [-0.1, -0.05) is 6.07 Å². The number of anilines is 2. The molecule has 1 unspecified atom stereocenters. The third-order valence-corrected chi connectivity index (χ3v) is 5.48. The molecule has 1 aliphatic rings. The van der Waals surface area contributed by atoms with Crippen LogP contribution in [0.15, 0.2) is 55.1 Å². The van der Waals surface area contributed by atoms with Crippen molar-refractivity contribution in [2.75, 3.05) is 18.5 Å². The summed E-state index contributed by atoms with van der Waals surface area (Å²) < 4.78 is 21.9. The summed E-state index contributed by atoms with van der Waals surface area (Å²) in [4.78, 5) is 12.9. The Kier molecular flexibility index (Phi) is 6.00. The molecule has 2 N–H and O–H groups in total. The quantitative estimate of drug-likeness (QED) is 0.459. The van der Waals surface area contributed by atoms with Crippen molar-refractivity contribution >= 4 is 17.0 Å². The van der Waals surface area contributed by atoms with Crippen LogP contribution in [0, 0.1) is 5.82 Å². The molecule has 0 aromatic carbocycles. The first-order chi connectivity index (χ1) is 15.8. The molecule has 0 aliphatic carbocycles. The van der Waals surface area contributed by atoms with E-state index in [0.29, 0.717) is 29.6 Å². The summed E-state index contributed by atoms with van der Waals surface area (Å²) in [5.74, 6) is 0.492. The molecular formula is C23H24FN7O. The maximum absolute atomic E-state index is 14.3. The average Bonchev–Trinajstić information content (AvgIpc) is 3.25. The third-order valence-electron chi connectivity index (χ3n) is 5.48. The number of rotatable bonds is 7. The summed E-state index contributed by atoms with van der Waals surface area (Å²) in [5, 5.41) is 11.2. The molecule has 4 aromatic rings. The van der Waals surface area contributed by atoms with Crippen molar-refractivity contribution in [3.8, 4) is 11.5 Å². The summed E-state index contributed by atoms with van der Waals surface area (Å²) in [6, 6.07) is 9.13. The van der Waals surface area contributed by atoms with Gasteiger partial charge in [0.05, 0.1) is 18.0 Å². The lowest BCUT2D eigenvalue weighted by atomic mass is 10.1. The monoisotopic (exact) mass is 433 g/mol. The van der Waals surface area contributed by atoms with Crippen LogP contribution in [0.25, 0.3) is 17.0 Å². The van der Waals surface area contributed by atoms with Gasteiger partial charge in [-0.25, -0.2) is 13.9 Å². The van der Waals surface area contributed by atoms with E-state index in [9.17, 15) is 4.39 Å². The average molecular weight is 433 g/mol. The zero-order valence-electron chi connectivity index (χ0n) is 17.5. The number of hydrogen-bond donors (Lipinski definition) is 2. The van der Waals surface area contributed by atoms with Crippen LogP contribution >= 0.6 is 0 Å². The van der Waals surface area contributed by atoms with Crippen molar-refractivity contribution in [1.29, 1.82) is 0 Å². The Labute approximate surface area is 184 Å². The Balaban J connectivity index is 1.47. The summed E-state index contributed by atoms with van der Waals surface area (Å²) in [7, 11) is 0. The molecule has 0 amide bonds. The highest BCUT2D eigenvalue weighted by molar-refractivity contribution is 5.78. The second-order valence-corrected chi connectivity index (χ2v) is 7.73. The number of hydrogen-bond acceptors (Lipinski definition) is 7. The Morgan fingerprint density at radius 1 is 1.16 bits per heavy atom. The number of aromatic nitrogens is 5. The second kappa shape index (κ2) is 9.37. The van der Waals surface area contributed by atoms with E-state index in [1.165, 1.54) is 18.8 Å². The van der Waals surface area contributed by atoms with Crippen LogP contribution in [0.3, 0.4) is 0 Å². The van der Waals surface area contributed by atoms with Gasteiger partial charge in [-0.3, -0.25) is 9.97 Å². The molecule has 4 aromatic heterocycles. The first kappa shape index (κ1) is 20.5. The molecule has 1 fully saturated rings. The maximum Gasteiger partial charge on any atom is 0.200 e. The highest BCUT2D eigenvalue weighted by Gasteiger charge is 2.17. The molecule has 9 heteroatoms. The van der Waals surface area contributed by atoms with Gasteiger partial charge in [0.1, 0.15) is 11.2 Å². The molecule has 164 valence electrons. The smallest absolute Gasteiger partial charge is 0.200 e. The largest absolute Gasteiger partial charge is 0.377 e. The van der Waals surface area contributed by atoms with Crippen LogP contribution in [0.1, 0.15) is 24.8 Å². The zero-order chi connectivity index (χ0) is 21.8. The van der Waals surface area contributed by atoms with E-state index in [2.05, 4.69) is 25.7 Å². The van der Waals surface area contributed by atoms with Crippen LogP contribution < -0.4 is 10.6 Å². The van der Waals surface area contributed by atoms with Gasteiger partial charge in [-0.05, 0) is 49.1 Å². The topological polar surface area (TPSA) is 89.3 Å². The lowest BCUT2D eigenvalue weighted by molar-refractivity contribution is 0.0168. The van der Waals surface area contributed by atoms with Crippen molar-refractivity contribution in [2.45, 2.75) is 31.9 Å². The van der Waals surface area contributed by atoms with Crippen LogP contribution in [0.2, 0.25) is 0 Å². The second-order valence-electron chi connectivity index (χ2n) is 7.73. The van der Waals surface area contributed by atoms with Gasteiger partial charge in [0.25, 0.3) is 0 Å². The first-order valence-electron chi connectivity index (χ1n) is 10.8. The van der Waals surface area contributed by atoms with Crippen molar-refractivity contribution in [3.05, 3.63) is 66.5 Å². The normalized spacial score (nSPS) is 16.3. The van der Waals surface area contributed by atoms with Gasteiger partial charge in [-0.15, -0.1) is 5.10 Å². The standard InChI is InChI=1S/C23H24FN7O/c24-18-15-25-10-7-19(18)28-23-21-16(13-26-14-17-5-2-4-12-32-17)8-11-31(21)30-22(29-23)20-6-1-3-9-27-20/h1,3,6-11,15,17,26H,2,4-5,12-14H2,(H,25,28,29,30). The molecule has 0 radical (unpaired) electrons. The van der Waals surface area contributed by atoms with Gasteiger partial charge in [0.15, 0.2) is 11.6 Å². The number of ether oxygens (including phenoxy) is 1. The van der Waals surface area contributed by atoms with Gasteiger partial charge in [0, 0.05) is 38.3 Å². The van der Waals surface area contributed by atoms with E-state index in [1.807, 2.05) is 30.5 Å². The highest BCUT2D eigenvalue weighted by Crippen LogP contribution is 2.27. The molecule has 1 atom stereocenters. The zero-order valence-corrected chi connectivity index (χ0v) is 17.5. The van der Waals surface area contributed by atoms with Crippen molar-refractivity contribution in [1.82, 2.24) is 29.9 Å². The van der Waals surface area contributed by atoms with Gasteiger partial charge >= 0.3 is 0 Å². The molecule has 0 spiro atoms. The van der Waals surface area contributed by atoms with Crippen LogP contribution in [-0.2, 0) is 11.3 Å². The maximum atomic E-state index is 14.3. The number of nitrogens with one attached hydrogen (secondary N) is 2.